The van der Waals surface area contributed by atoms with Crippen molar-refractivity contribution >= 4 is 54.0 Å². The van der Waals surface area contributed by atoms with Gasteiger partial charge in [-0.3, -0.25) is 9.69 Å². The summed E-state index contributed by atoms with van der Waals surface area (Å²) in [4.78, 5) is 20.9. The Morgan fingerprint density at radius 1 is 1.09 bits per heavy atom. The van der Waals surface area contributed by atoms with Crippen LogP contribution in [0.5, 0.6) is 0 Å². The zero-order chi connectivity index (χ0) is 24.2. The van der Waals surface area contributed by atoms with Crippen molar-refractivity contribution in [3.05, 3.63) is 53.1 Å². The fourth-order valence-electron chi connectivity index (χ4n) is 3.29. The molecule has 3 aromatic rings. The lowest BCUT2D eigenvalue weighted by Crippen LogP contribution is -2.39. The second-order valence-electron chi connectivity index (χ2n) is 7.33. The Morgan fingerprint density at radius 3 is 2.39 bits per heavy atom. The maximum absolute atomic E-state index is 14.2. The van der Waals surface area contributed by atoms with Crippen molar-refractivity contribution in [1.29, 1.82) is 0 Å². The molecule has 2 aromatic carbocycles. The van der Waals surface area contributed by atoms with Gasteiger partial charge in [-0.15, -0.1) is 0 Å². The number of likely N-dealkylation sites (N-methyl/N-ethyl adjacent to an activating group) is 1. The van der Waals surface area contributed by atoms with Crippen LogP contribution in [0.4, 0.5) is 13.9 Å². The van der Waals surface area contributed by atoms with Gasteiger partial charge in [-0.25, -0.2) is 22.2 Å². The Kier molecular flexibility index (Phi) is 8.38. The molecule has 178 valence electrons. The lowest BCUT2D eigenvalue weighted by atomic mass is 10.3. The summed E-state index contributed by atoms with van der Waals surface area (Å²) in [7, 11) is -3.71. The lowest BCUT2D eigenvalue weighted by Gasteiger charge is -2.24. The van der Waals surface area contributed by atoms with E-state index in [9.17, 15) is 22.0 Å². The van der Waals surface area contributed by atoms with E-state index in [4.69, 9.17) is 11.6 Å². The van der Waals surface area contributed by atoms with Crippen LogP contribution in [0.15, 0.2) is 41.3 Å². The topological polar surface area (TPSA) is 70.6 Å². The SMILES string of the molecule is CCN(CC)CCN(C(=O)CCS(=O)(=O)c1ccc(Cl)cc1)c1nc2c(F)cc(F)cc2s1. The molecule has 6 nitrogen and oxygen atoms in total. The molecular weight excluding hydrogens is 492 g/mol. The molecule has 0 unspecified atom stereocenters. The Labute approximate surface area is 200 Å². The Bertz CT molecular complexity index is 1230. The normalized spacial score (nSPS) is 11.9. The van der Waals surface area contributed by atoms with Gasteiger partial charge in [0.25, 0.3) is 0 Å². The van der Waals surface area contributed by atoms with Gasteiger partial charge in [0.2, 0.25) is 5.91 Å². The van der Waals surface area contributed by atoms with Crippen LogP contribution >= 0.6 is 22.9 Å². The van der Waals surface area contributed by atoms with Crippen molar-refractivity contribution in [3.8, 4) is 0 Å². The first kappa shape index (κ1) is 25.5. The van der Waals surface area contributed by atoms with Crippen LogP contribution in [-0.2, 0) is 14.6 Å². The molecule has 3 rings (SSSR count). The molecule has 33 heavy (non-hydrogen) atoms. The zero-order valence-corrected chi connectivity index (χ0v) is 20.6. The molecule has 0 aliphatic carbocycles. The smallest absolute Gasteiger partial charge is 0.229 e. The van der Waals surface area contributed by atoms with Gasteiger partial charge in [0.1, 0.15) is 11.3 Å². The summed E-state index contributed by atoms with van der Waals surface area (Å²) in [5.74, 6) is -2.40. The number of carbonyl (C=O) groups excluding carboxylic acids is 1. The molecule has 0 atom stereocenters. The monoisotopic (exact) mass is 515 g/mol. The Balaban J connectivity index is 1.85. The van der Waals surface area contributed by atoms with Crippen molar-refractivity contribution in [2.75, 3.05) is 36.8 Å². The van der Waals surface area contributed by atoms with E-state index < -0.39 is 33.1 Å². The summed E-state index contributed by atoms with van der Waals surface area (Å²) in [6, 6.07) is 7.64. The van der Waals surface area contributed by atoms with Gasteiger partial charge >= 0.3 is 0 Å². The zero-order valence-electron chi connectivity index (χ0n) is 18.2. The molecule has 1 heterocycles. The average molecular weight is 516 g/mol. The van der Waals surface area contributed by atoms with E-state index in [0.717, 1.165) is 36.6 Å². The number of nitrogens with zero attached hydrogens (tertiary/aromatic N) is 3. The number of amides is 1. The number of halogens is 3. The van der Waals surface area contributed by atoms with E-state index >= 15 is 0 Å². The van der Waals surface area contributed by atoms with E-state index in [0.29, 0.717) is 11.6 Å². The molecule has 0 aliphatic rings. The number of aromatic nitrogens is 1. The summed E-state index contributed by atoms with van der Waals surface area (Å²) >= 11 is 6.81. The van der Waals surface area contributed by atoms with Crippen LogP contribution in [0.3, 0.4) is 0 Å². The largest absolute Gasteiger partial charge is 0.302 e. The van der Waals surface area contributed by atoms with Crippen LogP contribution in [0.2, 0.25) is 5.02 Å². The van der Waals surface area contributed by atoms with E-state index in [1.54, 1.807) is 0 Å². The first-order chi connectivity index (χ1) is 15.6. The second kappa shape index (κ2) is 10.9. The van der Waals surface area contributed by atoms with Gasteiger partial charge in [0.05, 0.1) is 15.3 Å². The van der Waals surface area contributed by atoms with Gasteiger partial charge in [-0.05, 0) is 43.4 Å². The van der Waals surface area contributed by atoms with E-state index in [2.05, 4.69) is 9.88 Å². The second-order valence-corrected chi connectivity index (χ2v) is 10.9. The van der Waals surface area contributed by atoms with Gasteiger partial charge in [-0.2, -0.15) is 0 Å². The number of hydrogen-bond acceptors (Lipinski definition) is 6. The minimum Gasteiger partial charge on any atom is -0.302 e. The van der Waals surface area contributed by atoms with Crippen molar-refractivity contribution < 1.29 is 22.0 Å². The highest BCUT2D eigenvalue weighted by molar-refractivity contribution is 7.91. The van der Waals surface area contributed by atoms with Crippen molar-refractivity contribution in [1.82, 2.24) is 9.88 Å². The third-order valence-electron chi connectivity index (χ3n) is 5.23. The predicted octanol–water partition coefficient (Wildman–Crippen LogP) is 4.77. The first-order valence-electron chi connectivity index (χ1n) is 10.4. The summed E-state index contributed by atoms with van der Waals surface area (Å²) in [6.07, 6.45) is -0.282. The number of fused-ring (bicyclic) bond motifs is 1. The Morgan fingerprint density at radius 2 is 1.76 bits per heavy atom. The number of hydrogen-bond donors (Lipinski definition) is 0. The van der Waals surface area contributed by atoms with Gasteiger partial charge in [0, 0.05) is 30.6 Å². The summed E-state index contributed by atoms with van der Waals surface area (Å²) in [6.45, 7) is 6.28. The van der Waals surface area contributed by atoms with Crippen molar-refractivity contribution in [3.63, 3.8) is 0 Å². The van der Waals surface area contributed by atoms with Crippen LogP contribution in [0, 0.1) is 11.6 Å². The van der Waals surface area contributed by atoms with Crippen LogP contribution in [0.1, 0.15) is 20.3 Å². The number of thiazole rings is 1. The standard InChI is InChI=1S/C22H24ClF2N3O3S2/c1-3-27(4-2)10-11-28(22-26-21-18(25)13-16(24)14-19(21)32-22)20(29)9-12-33(30,31)17-7-5-15(23)6-8-17/h5-8,13-14H,3-4,9-12H2,1-2H3. The molecule has 1 aromatic heterocycles. The van der Waals surface area contributed by atoms with Gasteiger partial charge in [0.15, 0.2) is 20.8 Å². The highest BCUT2D eigenvalue weighted by Crippen LogP contribution is 2.31. The van der Waals surface area contributed by atoms with Gasteiger partial charge < -0.3 is 4.90 Å². The molecule has 0 radical (unpaired) electrons. The highest BCUT2D eigenvalue weighted by atomic mass is 35.5. The highest BCUT2D eigenvalue weighted by Gasteiger charge is 2.24. The molecule has 0 fully saturated rings. The summed E-state index contributed by atoms with van der Waals surface area (Å²) in [5.41, 5.74) is -0.0224. The predicted molar refractivity (Wildman–Crippen MR) is 128 cm³/mol. The first-order valence-corrected chi connectivity index (χ1v) is 13.3. The molecular formula is C22H24ClF2N3O3S2. The van der Waals surface area contributed by atoms with Crippen LogP contribution in [-0.4, -0.2) is 56.1 Å². The average Bonchev–Trinajstić information content (AvgIpc) is 3.19. The molecule has 0 N–H and O–H groups in total. The maximum Gasteiger partial charge on any atom is 0.229 e. The van der Waals surface area contributed by atoms with Crippen LogP contribution < -0.4 is 4.90 Å². The number of benzene rings is 2. The van der Waals surface area contributed by atoms with E-state index in [-0.39, 0.29) is 33.2 Å². The fourth-order valence-corrected chi connectivity index (χ4v) is 5.69. The number of sulfone groups is 1. The number of carbonyl (C=O) groups is 1. The maximum atomic E-state index is 14.2. The van der Waals surface area contributed by atoms with Crippen LogP contribution in [0.25, 0.3) is 10.2 Å². The molecule has 0 saturated heterocycles. The molecule has 1 amide bonds. The third-order valence-corrected chi connectivity index (χ3v) is 8.23. The Hall–Kier alpha value is -2.14. The van der Waals surface area contributed by atoms with Crippen molar-refractivity contribution in [2.24, 2.45) is 0 Å². The third kappa shape index (κ3) is 6.26. The molecule has 0 aliphatic heterocycles. The molecule has 0 saturated carbocycles. The minimum absolute atomic E-state index is 0.0224. The summed E-state index contributed by atoms with van der Waals surface area (Å²) < 4.78 is 53.4. The minimum atomic E-state index is -3.71. The number of rotatable bonds is 10. The molecule has 0 spiro atoms. The van der Waals surface area contributed by atoms with Gasteiger partial charge in [-0.1, -0.05) is 36.8 Å². The lowest BCUT2D eigenvalue weighted by molar-refractivity contribution is -0.118. The van der Waals surface area contributed by atoms with E-state index in [1.807, 2.05) is 13.8 Å². The molecule has 11 heteroatoms. The van der Waals surface area contributed by atoms with E-state index in [1.165, 1.54) is 29.2 Å². The molecule has 0 bridgehead atoms. The number of anilines is 1. The van der Waals surface area contributed by atoms with Crippen molar-refractivity contribution in [2.45, 2.75) is 25.2 Å². The quantitative estimate of drug-likeness (QED) is 0.389. The fraction of sp³-hybridized carbons (Fsp3) is 0.364. The summed E-state index contributed by atoms with van der Waals surface area (Å²) in [5, 5.41) is 0.614.